The first-order valence-electron chi connectivity index (χ1n) is 12.7. The highest BCUT2D eigenvalue weighted by Gasteiger charge is 2.31. The molecule has 37 heavy (non-hydrogen) atoms. The number of carbonyl (C=O) groups is 2. The summed E-state index contributed by atoms with van der Waals surface area (Å²) >= 11 is 0. The molecule has 2 amide bonds. The van der Waals surface area contributed by atoms with Crippen molar-refractivity contribution in [1.29, 1.82) is 0 Å². The van der Waals surface area contributed by atoms with E-state index >= 15 is 0 Å². The molecule has 1 N–H and O–H groups in total. The number of piperazine rings is 1. The molecule has 3 aromatic heterocycles. The Labute approximate surface area is 214 Å². The van der Waals surface area contributed by atoms with Crippen LogP contribution in [0.1, 0.15) is 34.7 Å². The molecule has 6 rings (SSSR count). The molecule has 0 radical (unpaired) electrons. The van der Waals surface area contributed by atoms with Crippen LogP contribution in [-0.4, -0.2) is 80.4 Å². The molecule has 2 saturated heterocycles. The van der Waals surface area contributed by atoms with Crippen LogP contribution in [0.4, 0.5) is 0 Å². The number of hydrogen-bond acceptors (Lipinski definition) is 6. The molecule has 0 spiro atoms. The van der Waals surface area contributed by atoms with Crippen molar-refractivity contribution in [3.8, 4) is 11.4 Å². The Bertz CT molecular complexity index is 1420. The smallest absolute Gasteiger partial charge is 0.270 e. The lowest BCUT2D eigenvalue weighted by Crippen LogP contribution is -2.52. The second-order valence-electron chi connectivity index (χ2n) is 9.47. The van der Waals surface area contributed by atoms with E-state index in [2.05, 4.69) is 26.0 Å². The second-order valence-corrected chi connectivity index (χ2v) is 9.47. The highest BCUT2D eigenvalue weighted by molar-refractivity contribution is 5.98. The SMILES string of the molecule is O=C(c1cc2cc(Cc3nccc(-c4ccccn4)n3)ccc2[nH]1)N1CCN(C(=O)[C@@H]2CCCO2)CC1. The van der Waals surface area contributed by atoms with Crippen molar-refractivity contribution in [2.45, 2.75) is 25.4 Å². The summed E-state index contributed by atoms with van der Waals surface area (Å²) in [5.74, 6) is 0.718. The molecule has 5 heterocycles. The fourth-order valence-electron chi connectivity index (χ4n) is 5.01. The Morgan fingerprint density at radius 3 is 2.59 bits per heavy atom. The van der Waals surface area contributed by atoms with Crippen molar-refractivity contribution < 1.29 is 14.3 Å². The molecule has 2 aliphatic rings. The van der Waals surface area contributed by atoms with Gasteiger partial charge in [0.25, 0.3) is 11.8 Å². The van der Waals surface area contributed by atoms with E-state index in [1.807, 2.05) is 52.3 Å². The summed E-state index contributed by atoms with van der Waals surface area (Å²) in [7, 11) is 0. The highest BCUT2D eigenvalue weighted by Crippen LogP contribution is 2.22. The predicted molar refractivity (Wildman–Crippen MR) is 138 cm³/mol. The summed E-state index contributed by atoms with van der Waals surface area (Å²) in [6, 6.07) is 15.6. The van der Waals surface area contributed by atoms with Crippen LogP contribution in [0.5, 0.6) is 0 Å². The maximum absolute atomic E-state index is 13.2. The van der Waals surface area contributed by atoms with E-state index in [0.717, 1.165) is 40.7 Å². The van der Waals surface area contributed by atoms with E-state index in [1.165, 1.54) is 0 Å². The van der Waals surface area contributed by atoms with Crippen LogP contribution in [0.3, 0.4) is 0 Å². The van der Waals surface area contributed by atoms with Crippen LogP contribution < -0.4 is 0 Å². The lowest BCUT2D eigenvalue weighted by molar-refractivity contribution is -0.142. The van der Waals surface area contributed by atoms with Crippen LogP contribution in [0.15, 0.2) is 60.9 Å². The number of ether oxygens (including phenoxy) is 1. The Kier molecular flexibility index (Phi) is 6.36. The summed E-state index contributed by atoms with van der Waals surface area (Å²) < 4.78 is 5.53. The minimum atomic E-state index is -0.312. The lowest BCUT2D eigenvalue weighted by Gasteiger charge is -2.35. The van der Waals surface area contributed by atoms with Crippen molar-refractivity contribution in [1.82, 2.24) is 29.7 Å². The topological polar surface area (TPSA) is 104 Å². The van der Waals surface area contributed by atoms with Crippen LogP contribution in [0.25, 0.3) is 22.3 Å². The largest absolute Gasteiger partial charge is 0.368 e. The Hall–Kier alpha value is -4.11. The van der Waals surface area contributed by atoms with Gasteiger partial charge in [-0.15, -0.1) is 0 Å². The van der Waals surface area contributed by atoms with Gasteiger partial charge < -0.3 is 19.5 Å². The normalized spacial score (nSPS) is 17.9. The molecule has 0 unspecified atom stereocenters. The van der Waals surface area contributed by atoms with Crippen molar-refractivity contribution >= 4 is 22.7 Å². The maximum atomic E-state index is 13.2. The lowest BCUT2D eigenvalue weighted by atomic mass is 10.1. The standard InChI is InChI=1S/C28H28N6O3/c35-27(33-11-13-34(14-12-33)28(36)25-5-3-15-37-25)24-18-20-16-19(6-7-21(20)31-24)17-26-30-10-8-23(32-26)22-4-1-2-9-29-22/h1-2,4,6-10,16,18,25,31H,3,5,11-15,17H2/t25-/m0/s1. The Morgan fingerprint density at radius 1 is 0.946 bits per heavy atom. The van der Waals surface area contributed by atoms with Gasteiger partial charge in [0.2, 0.25) is 0 Å². The van der Waals surface area contributed by atoms with E-state index in [-0.39, 0.29) is 17.9 Å². The molecule has 9 heteroatoms. The molecule has 1 aromatic carbocycles. The molecule has 0 saturated carbocycles. The third-order valence-electron chi connectivity index (χ3n) is 6.99. The zero-order chi connectivity index (χ0) is 25.2. The fraction of sp³-hybridized carbons (Fsp3) is 0.321. The number of fused-ring (bicyclic) bond motifs is 1. The van der Waals surface area contributed by atoms with Gasteiger partial charge in [0.1, 0.15) is 17.6 Å². The van der Waals surface area contributed by atoms with Gasteiger partial charge in [-0.3, -0.25) is 14.6 Å². The van der Waals surface area contributed by atoms with Gasteiger partial charge in [-0.25, -0.2) is 9.97 Å². The monoisotopic (exact) mass is 496 g/mol. The minimum absolute atomic E-state index is 0.0478. The molecule has 9 nitrogen and oxygen atoms in total. The Balaban J connectivity index is 1.12. The van der Waals surface area contributed by atoms with E-state index < -0.39 is 0 Å². The number of aromatic nitrogens is 4. The summed E-state index contributed by atoms with van der Waals surface area (Å²) in [6.07, 6.45) is 5.49. The molecule has 1 atom stereocenters. The highest BCUT2D eigenvalue weighted by atomic mass is 16.5. The van der Waals surface area contributed by atoms with Gasteiger partial charge in [0, 0.05) is 62.5 Å². The van der Waals surface area contributed by atoms with Gasteiger partial charge in [-0.05, 0) is 54.8 Å². The van der Waals surface area contributed by atoms with E-state index in [0.29, 0.717) is 50.7 Å². The van der Waals surface area contributed by atoms with Crippen molar-refractivity contribution in [2.75, 3.05) is 32.8 Å². The van der Waals surface area contributed by atoms with Gasteiger partial charge >= 0.3 is 0 Å². The molecule has 0 bridgehead atoms. The van der Waals surface area contributed by atoms with Crippen molar-refractivity contribution in [2.24, 2.45) is 0 Å². The van der Waals surface area contributed by atoms with E-state index in [1.54, 1.807) is 12.4 Å². The summed E-state index contributed by atoms with van der Waals surface area (Å²) in [6.45, 7) is 2.75. The molecule has 2 aliphatic heterocycles. The maximum Gasteiger partial charge on any atom is 0.270 e. The fourth-order valence-corrected chi connectivity index (χ4v) is 5.01. The third-order valence-corrected chi connectivity index (χ3v) is 6.99. The molecule has 188 valence electrons. The van der Waals surface area contributed by atoms with Crippen molar-refractivity contribution in [3.05, 3.63) is 78.0 Å². The third kappa shape index (κ3) is 4.95. The second kappa shape index (κ2) is 10.1. The summed E-state index contributed by atoms with van der Waals surface area (Å²) in [5.41, 5.74) is 4.12. The van der Waals surface area contributed by atoms with Gasteiger partial charge in [0.15, 0.2) is 0 Å². The first-order valence-corrected chi connectivity index (χ1v) is 12.7. The number of benzene rings is 1. The number of pyridine rings is 1. The predicted octanol–water partition coefficient (Wildman–Crippen LogP) is 3.07. The Morgan fingerprint density at radius 2 is 1.81 bits per heavy atom. The quantitative estimate of drug-likeness (QED) is 0.455. The van der Waals surface area contributed by atoms with Crippen molar-refractivity contribution in [3.63, 3.8) is 0 Å². The first kappa shape index (κ1) is 23.3. The van der Waals surface area contributed by atoms with E-state index in [4.69, 9.17) is 4.74 Å². The number of amides is 2. The summed E-state index contributed by atoms with van der Waals surface area (Å²) in [4.78, 5) is 46.2. The van der Waals surface area contributed by atoms with Gasteiger partial charge in [-0.2, -0.15) is 0 Å². The van der Waals surface area contributed by atoms with Crippen LogP contribution in [0.2, 0.25) is 0 Å². The molecule has 0 aliphatic carbocycles. The minimum Gasteiger partial charge on any atom is -0.368 e. The van der Waals surface area contributed by atoms with Gasteiger partial charge in [0.05, 0.1) is 11.4 Å². The zero-order valence-electron chi connectivity index (χ0n) is 20.5. The number of H-pyrrole nitrogens is 1. The average molecular weight is 497 g/mol. The van der Waals surface area contributed by atoms with Gasteiger partial charge in [-0.1, -0.05) is 12.1 Å². The van der Waals surface area contributed by atoms with Crippen LogP contribution in [-0.2, 0) is 16.0 Å². The molecule has 2 fully saturated rings. The average Bonchev–Trinajstić information content (AvgIpc) is 3.63. The number of hydrogen-bond donors (Lipinski definition) is 1. The number of aromatic amines is 1. The number of rotatable bonds is 5. The van der Waals surface area contributed by atoms with Crippen LogP contribution in [0, 0.1) is 0 Å². The van der Waals surface area contributed by atoms with Crippen LogP contribution >= 0.6 is 0 Å². The number of carbonyl (C=O) groups excluding carboxylic acids is 2. The number of nitrogens with zero attached hydrogens (tertiary/aromatic N) is 5. The van der Waals surface area contributed by atoms with E-state index in [9.17, 15) is 9.59 Å². The first-order chi connectivity index (χ1) is 18.1. The molecular weight excluding hydrogens is 468 g/mol. The zero-order valence-corrected chi connectivity index (χ0v) is 20.5. The summed E-state index contributed by atoms with van der Waals surface area (Å²) in [5, 5.41) is 0.967. The molecule has 4 aromatic rings. The molecular formula is C28H28N6O3. The number of nitrogens with one attached hydrogen (secondary N) is 1.